The van der Waals surface area contributed by atoms with Crippen LogP contribution in [0.1, 0.15) is 11.1 Å². The van der Waals surface area contributed by atoms with E-state index in [1.165, 1.54) is 0 Å². The van der Waals surface area contributed by atoms with Gasteiger partial charge in [-0.2, -0.15) is 0 Å². The number of nitrogens with zero attached hydrogens (tertiary/aromatic N) is 1. The molecule has 2 heterocycles. The molecule has 1 fully saturated rings. The Morgan fingerprint density at radius 2 is 1.63 bits per heavy atom. The normalized spacial score (nSPS) is 15.3. The average Bonchev–Trinajstić information content (AvgIpc) is 2.68. The van der Waals surface area contributed by atoms with Crippen molar-refractivity contribution in [3.8, 4) is 0 Å². The third-order valence-electron chi connectivity index (χ3n) is 4.97. The molecule has 0 unspecified atom stereocenters. The molecule has 1 saturated heterocycles. The smallest absolute Gasteiger partial charge is 0.214 e. The summed E-state index contributed by atoms with van der Waals surface area (Å²) in [6.45, 7) is 6.49. The number of sulfone groups is 1. The molecule has 1 aromatic heterocycles. The number of benzene rings is 2. The Labute approximate surface area is 159 Å². The van der Waals surface area contributed by atoms with E-state index in [1.807, 2.05) is 44.2 Å². The van der Waals surface area contributed by atoms with Crippen LogP contribution in [-0.2, 0) is 14.6 Å². The van der Waals surface area contributed by atoms with E-state index >= 15 is 0 Å². The minimum atomic E-state index is -3.65. The van der Waals surface area contributed by atoms with Crippen LogP contribution in [-0.4, -0.2) is 34.7 Å². The van der Waals surface area contributed by atoms with Gasteiger partial charge in [0.15, 0.2) is 11.1 Å². The molecule has 0 aliphatic carbocycles. The van der Waals surface area contributed by atoms with Crippen LogP contribution < -0.4 is 9.88 Å². The number of hydrogen-bond acceptors (Lipinski definition) is 4. The van der Waals surface area contributed by atoms with Gasteiger partial charge in [-0.25, -0.2) is 13.4 Å². The summed E-state index contributed by atoms with van der Waals surface area (Å²) in [5.41, 5.74) is 3.81. The quantitative estimate of drug-likeness (QED) is 0.698. The molecule has 0 saturated carbocycles. The molecule has 0 atom stereocenters. The molecule has 0 bridgehead atoms. The molecule has 1 aliphatic heterocycles. The molecule has 0 radical (unpaired) electrons. The summed E-state index contributed by atoms with van der Waals surface area (Å²) >= 11 is 0. The van der Waals surface area contributed by atoms with Crippen molar-refractivity contribution in [3.63, 3.8) is 0 Å². The maximum Gasteiger partial charge on any atom is 0.214 e. The van der Waals surface area contributed by atoms with E-state index in [2.05, 4.69) is 9.88 Å². The predicted molar refractivity (Wildman–Crippen MR) is 105 cm³/mol. The summed E-state index contributed by atoms with van der Waals surface area (Å²) in [4.78, 5) is 5.92. The summed E-state index contributed by atoms with van der Waals surface area (Å²) < 4.78 is 32.4. The highest BCUT2D eigenvalue weighted by molar-refractivity contribution is 7.91. The number of morpholine rings is 1. The molecule has 5 nitrogen and oxygen atoms in total. The Kier molecular flexibility index (Phi) is 4.61. The van der Waals surface area contributed by atoms with E-state index in [9.17, 15) is 8.42 Å². The van der Waals surface area contributed by atoms with Crippen LogP contribution in [0.5, 0.6) is 0 Å². The minimum absolute atomic E-state index is 0.308. The van der Waals surface area contributed by atoms with Crippen molar-refractivity contribution in [2.75, 3.05) is 31.2 Å². The highest BCUT2D eigenvalue weighted by Gasteiger charge is 2.30. The van der Waals surface area contributed by atoms with E-state index < -0.39 is 9.84 Å². The number of aryl methyl sites for hydroxylation is 2. The molecule has 140 valence electrons. The van der Waals surface area contributed by atoms with Crippen molar-refractivity contribution in [1.82, 2.24) is 0 Å². The number of rotatable bonds is 3. The van der Waals surface area contributed by atoms with E-state index in [4.69, 9.17) is 4.74 Å². The van der Waals surface area contributed by atoms with Crippen molar-refractivity contribution in [3.05, 3.63) is 59.8 Å². The highest BCUT2D eigenvalue weighted by atomic mass is 32.2. The number of fused-ring (bicyclic) bond motifs is 1. The number of aromatic amines is 1. The molecular formula is C21H23N2O3S+. The van der Waals surface area contributed by atoms with Crippen LogP contribution in [0, 0.1) is 13.8 Å². The Bertz CT molecular complexity index is 1090. The maximum atomic E-state index is 13.5. The molecular weight excluding hydrogens is 360 g/mol. The summed E-state index contributed by atoms with van der Waals surface area (Å²) in [5, 5.41) is 0.921. The lowest BCUT2D eigenvalue weighted by molar-refractivity contribution is -0.347. The van der Waals surface area contributed by atoms with Gasteiger partial charge in [-0.15, -0.1) is 0 Å². The maximum absolute atomic E-state index is 13.5. The first-order chi connectivity index (χ1) is 13.0. The van der Waals surface area contributed by atoms with Gasteiger partial charge in [0.25, 0.3) is 0 Å². The van der Waals surface area contributed by atoms with E-state index in [0.29, 0.717) is 36.1 Å². The molecule has 27 heavy (non-hydrogen) atoms. The molecule has 3 aromatic rings. The fraction of sp³-hybridized carbons (Fsp3) is 0.286. The fourth-order valence-corrected chi connectivity index (χ4v) is 4.94. The van der Waals surface area contributed by atoms with Gasteiger partial charge in [-0.3, -0.25) is 0 Å². The number of nitrogens with one attached hydrogen (secondary N) is 1. The van der Waals surface area contributed by atoms with E-state index in [1.54, 1.807) is 18.3 Å². The van der Waals surface area contributed by atoms with Gasteiger partial charge in [0.2, 0.25) is 15.4 Å². The second-order valence-corrected chi connectivity index (χ2v) is 8.88. The first kappa shape index (κ1) is 17.9. The number of aromatic nitrogens is 1. The predicted octanol–water partition coefficient (Wildman–Crippen LogP) is 2.94. The molecule has 1 aliphatic rings. The van der Waals surface area contributed by atoms with Gasteiger partial charge in [0, 0.05) is 19.2 Å². The zero-order chi connectivity index (χ0) is 19.0. The second-order valence-electron chi connectivity index (χ2n) is 6.97. The largest absolute Gasteiger partial charge is 0.378 e. The van der Waals surface area contributed by atoms with Crippen LogP contribution in [0.15, 0.2) is 58.5 Å². The zero-order valence-electron chi connectivity index (χ0n) is 15.5. The Morgan fingerprint density at radius 3 is 2.33 bits per heavy atom. The van der Waals surface area contributed by atoms with E-state index in [-0.39, 0.29) is 0 Å². The Morgan fingerprint density at radius 1 is 0.963 bits per heavy atom. The lowest BCUT2D eigenvalue weighted by Gasteiger charge is -2.30. The third-order valence-corrected chi connectivity index (χ3v) is 6.75. The topological polar surface area (TPSA) is 60.8 Å². The Balaban J connectivity index is 1.98. The molecule has 6 heteroatoms. The standard InChI is InChI=1S/C21H22N2O3S/c1-15-3-6-17(7-4-15)27(24,25)20-14-22-19-8-5-16(2)13-18(19)21(20)23-9-11-26-12-10-23/h3-8,13-14H,9-12H2,1-2H3/p+1. The van der Waals surface area contributed by atoms with Crippen LogP contribution >= 0.6 is 0 Å². The SMILES string of the molecule is Cc1ccc(S(=O)(=O)c2c[nH+]c3ccc(C)cc3c2N2CCOCC2)cc1. The average molecular weight is 383 g/mol. The molecule has 1 N–H and O–H groups in total. The number of pyridine rings is 1. The zero-order valence-corrected chi connectivity index (χ0v) is 16.3. The number of ether oxygens (including phenoxy) is 1. The lowest BCUT2D eigenvalue weighted by atomic mass is 10.1. The fourth-order valence-electron chi connectivity index (χ4n) is 3.49. The molecule has 0 spiro atoms. The minimum Gasteiger partial charge on any atom is -0.378 e. The number of anilines is 1. The van der Waals surface area contributed by atoms with Gasteiger partial charge in [0.05, 0.1) is 29.2 Å². The van der Waals surface area contributed by atoms with Crippen LogP contribution in [0.4, 0.5) is 5.69 Å². The number of H-pyrrole nitrogens is 1. The molecule has 4 rings (SSSR count). The summed E-state index contributed by atoms with van der Waals surface area (Å²) in [5.74, 6) is 0. The van der Waals surface area contributed by atoms with E-state index in [0.717, 1.165) is 27.7 Å². The van der Waals surface area contributed by atoms with Crippen LogP contribution in [0.3, 0.4) is 0 Å². The number of hydrogen-bond donors (Lipinski definition) is 0. The summed E-state index contributed by atoms with van der Waals surface area (Å²) in [6.07, 6.45) is 1.62. The lowest BCUT2D eigenvalue weighted by Crippen LogP contribution is -2.37. The Hall–Kier alpha value is -2.44. The monoisotopic (exact) mass is 383 g/mol. The van der Waals surface area contributed by atoms with Crippen LogP contribution in [0.2, 0.25) is 0 Å². The molecule has 2 aromatic carbocycles. The summed E-state index contributed by atoms with van der Waals surface area (Å²) in [6, 6.07) is 13.1. The third kappa shape index (κ3) is 3.31. The van der Waals surface area contributed by atoms with Gasteiger partial charge in [0.1, 0.15) is 0 Å². The van der Waals surface area contributed by atoms with Crippen molar-refractivity contribution in [2.45, 2.75) is 23.6 Å². The van der Waals surface area contributed by atoms with Gasteiger partial charge in [-0.05, 0) is 37.6 Å². The highest BCUT2D eigenvalue weighted by Crippen LogP contribution is 2.35. The summed E-state index contributed by atoms with van der Waals surface area (Å²) in [7, 11) is -3.65. The van der Waals surface area contributed by atoms with Crippen molar-refractivity contribution >= 4 is 26.4 Å². The first-order valence-corrected chi connectivity index (χ1v) is 10.5. The van der Waals surface area contributed by atoms with Gasteiger partial charge < -0.3 is 9.64 Å². The first-order valence-electron chi connectivity index (χ1n) is 9.06. The van der Waals surface area contributed by atoms with Crippen molar-refractivity contribution in [1.29, 1.82) is 0 Å². The second kappa shape index (κ2) is 6.94. The van der Waals surface area contributed by atoms with Crippen molar-refractivity contribution in [2.24, 2.45) is 0 Å². The molecule has 0 amide bonds. The van der Waals surface area contributed by atoms with Gasteiger partial charge in [-0.1, -0.05) is 23.8 Å². The van der Waals surface area contributed by atoms with Gasteiger partial charge >= 0.3 is 0 Å². The van der Waals surface area contributed by atoms with Crippen molar-refractivity contribution < 1.29 is 18.1 Å². The van der Waals surface area contributed by atoms with Crippen LogP contribution in [0.25, 0.3) is 10.9 Å².